The molecule has 0 aromatic heterocycles. The quantitative estimate of drug-likeness (QED) is 0.0208. The van der Waals surface area contributed by atoms with Gasteiger partial charge in [0.25, 0.3) is 50.6 Å². The number of carboxylic acids is 1. The van der Waals surface area contributed by atoms with Crippen LogP contribution in [0.4, 0.5) is 11.4 Å². The number of rotatable bonds is 27. The van der Waals surface area contributed by atoms with Gasteiger partial charge in [-0.1, -0.05) is 49.8 Å². The molecule has 3 unspecified atom stereocenters. The maximum atomic E-state index is 12.9. The average molecular weight is 1160 g/mol. The predicted octanol–water partition coefficient (Wildman–Crippen LogP) is 6.60. The van der Waals surface area contributed by atoms with Crippen molar-refractivity contribution in [3.63, 3.8) is 0 Å². The minimum absolute atomic E-state index is 0.0292. The van der Waals surface area contributed by atoms with Crippen LogP contribution in [0.25, 0.3) is 21.5 Å². The van der Waals surface area contributed by atoms with E-state index >= 15 is 0 Å². The van der Waals surface area contributed by atoms with Crippen molar-refractivity contribution in [2.75, 3.05) is 68.8 Å². The number of fused-ring (bicyclic) bond motifs is 6. The number of methoxy groups -OCH3 is 1. The fourth-order valence-corrected chi connectivity index (χ4v) is 13.7. The van der Waals surface area contributed by atoms with Crippen molar-refractivity contribution in [2.45, 2.75) is 102 Å². The van der Waals surface area contributed by atoms with Crippen LogP contribution >= 0.6 is 0 Å². The molecule has 418 valence electrons. The Kier molecular flexibility index (Phi) is 18.7. The van der Waals surface area contributed by atoms with Crippen LogP contribution in [0.1, 0.15) is 76.8 Å². The topological polar surface area (TPSA) is 343 Å². The van der Waals surface area contributed by atoms with E-state index in [1.807, 2.05) is 23.6 Å². The molecule has 0 spiro atoms. The molecule has 0 fully saturated rings. The molecule has 0 amide bonds. The second-order valence-corrected chi connectivity index (χ2v) is 26.1. The molecule has 4 aromatic rings. The molecule has 4 aromatic carbocycles. The molecule has 0 aliphatic carbocycles. The van der Waals surface area contributed by atoms with Crippen molar-refractivity contribution in [2.24, 2.45) is 0 Å². The van der Waals surface area contributed by atoms with E-state index in [-0.39, 0.29) is 67.0 Å². The summed E-state index contributed by atoms with van der Waals surface area (Å²) < 4.78 is 193. The first-order valence-electron chi connectivity index (χ1n) is 23.9. The highest BCUT2D eigenvalue weighted by atomic mass is 32.2. The molecular formula is C49H62N2O20S5. The number of likely N-dealkylation sites (N-methyl/N-ethyl adjacent to an activating group) is 1. The van der Waals surface area contributed by atoms with Crippen molar-refractivity contribution < 1.29 is 89.0 Å². The smallest absolute Gasteiger partial charge is 0.303 e. The van der Waals surface area contributed by atoms with Crippen LogP contribution in [0.15, 0.2) is 104 Å². The Labute approximate surface area is 442 Å². The Balaban J connectivity index is 1.51. The van der Waals surface area contributed by atoms with Gasteiger partial charge in [-0.3, -0.25) is 27.6 Å². The number of carboxylic acid groups (broad SMARTS) is 1. The van der Waals surface area contributed by atoms with Gasteiger partial charge in [0.1, 0.15) is 9.79 Å². The molecule has 6 rings (SSSR count). The Bertz CT molecular complexity index is 3540. The minimum atomic E-state index is -5.08. The number of unbranched alkanes of at least 4 members (excludes halogenated alkanes) is 2. The van der Waals surface area contributed by atoms with E-state index in [1.165, 1.54) is 19.2 Å². The number of benzene rings is 4. The second-order valence-electron chi connectivity index (χ2n) is 18.9. The van der Waals surface area contributed by atoms with Gasteiger partial charge < -0.3 is 29.1 Å². The van der Waals surface area contributed by atoms with Crippen molar-refractivity contribution in [3.8, 4) is 0 Å². The molecule has 3 atom stereocenters. The molecule has 2 aliphatic heterocycles. The summed E-state index contributed by atoms with van der Waals surface area (Å²) >= 11 is 0. The Morgan fingerprint density at radius 3 is 1.71 bits per heavy atom. The first-order chi connectivity index (χ1) is 35.4. The molecular weight excluding hydrogens is 1100 g/mol. The number of allylic oxidation sites excluding steroid dienone is 5. The number of nitrogens with zero attached hydrogens (tertiary/aromatic N) is 2. The van der Waals surface area contributed by atoms with E-state index in [4.69, 9.17) is 14.2 Å². The lowest BCUT2D eigenvalue weighted by Crippen LogP contribution is -2.42. The minimum Gasteiger partial charge on any atom is -0.481 e. The molecule has 2 aliphatic rings. The summed E-state index contributed by atoms with van der Waals surface area (Å²) in [5.74, 6) is -1.62. The van der Waals surface area contributed by atoms with Gasteiger partial charge >= 0.3 is 5.97 Å². The van der Waals surface area contributed by atoms with Gasteiger partial charge in [0.15, 0.2) is 0 Å². The zero-order valence-corrected chi connectivity index (χ0v) is 46.1. The fraction of sp³-hybridized carbons (Fsp3) is 0.449. The zero-order chi connectivity index (χ0) is 56.2. The van der Waals surface area contributed by atoms with Gasteiger partial charge in [-0.25, -0.2) is 0 Å². The lowest BCUT2D eigenvalue weighted by Gasteiger charge is -2.35. The van der Waals surface area contributed by atoms with Gasteiger partial charge in [-0.15, -0.1) is 0 Å². The third-order valence-electron chi connectivity index (χ3n) is 13.8. The summed E-state index contributed by atoms with van der Waals surface area (Å²) in [7, 11) is -23.2. The third kappa shape index (κ3) is 13.5. The molecule has 76 heavy (non-hydrogen) atoms. The highest BCUT2D eigenvalue weighted by molar-refractivity contribution is 7.87. The number of hydrogen-bond donors (Lipinski definition) is 6. The predicted molar refractivity (Wildman–Crippen MR) is 282 cm³/mol. The van der Waals surface area contributed by atoms with Crippen LogP contribution in [0.3, 0.4) is 0 Å². The maximum absolute atomic E-state index is 12.9. The third-order valence-corrected chi connectivity index (χ3v) is 18.1. The SMILES string of the molecule is CCN1c2ccc3c(S(=O)(=O)O)cc(S(=O)(=O)O)cc3c2C(C)(CCCS(=O)(=O)O)C1C=CC=CC=C1N(CCCCCC(=O)O)c2ccc3c(S(=O)(=O)O)cc(S(=O)(=O)O)cc3c2C1(C)CCOCCOCCOC. The van der Waals surface area contributed by atoms with E-state index in [2.05, 4.69) is 0 Å². The summed E-state index contributed by atoms with van der Waals surface area (Å²) in [5, 5.41) is 9.33. The first kappa shape index (κ1) is 60.4. The average Bonchev–Trinajstić information content (AvgIpc) is 3.70. The molecule has 0 saturated carbocycles. The molecule has 22 nitrogen and oxygen atoms in total. The van der Waals surface area contributed by atoms with E-state index < -0.39 is 98.8 Å². The summed E-state index contributed by atoms with van der Waals surface area (Å²) in [4.78, 5) is 12.1. The largest absolute Gasteiger partial charge is 0.481 e. The Morgan fingerprint density at radius 1 is 0.632 bits per heavy atom. The lowest BCUT2D eigenvalue weighted by atomic mass is 9.73. The summed E-state index contributed by atoms with van der Waals surface area (Å²) in [6, 6.07) is 8.88. The monoisotopic (exact) mass is 1160 g/mol. The van der Waals surface area contributed by atoms with E-state index in [9.17, 15) is 74.8 Å². The van der Waals surface area contributed by atoms with Crippen LogP contribution < -0.4 is 9.80 Å². The van der Waals surface area contributed by atoms with Gasteiger partial charge in [0.05, 0.1) is 48.0 Å². The van der Waals surface area contributed by atoms with Crippen molar-refractivity contribution in [1.29, 1.82) is 0 Å². The summed E-state index contributed by atoms with van der Waals surface area (Å²) in [6.45, 7) is 7.20. The van der Waals surface area contributed by atoms with Crippen molar-refractivity contribution >= 4 is 89.5 Å². The Hall–Kier alpha value is -4.88. The number of ether oxygens (including phenoxy) is 3. The molecule has 0 bridgehead atoms. The number of hydrogen-bond acceptors (Lipinski definition) is 16. The van der Waals surface area contributed by atoms with Crippen LogP contribution in [-0.2, 0) is 80.4 Å². The van der Waals surface area contributed by atoms with Gasteiger partial charge in [-0.05, 0) is 110 Å². The van der Waals surface area contributed by atoms with Crippen LogP contribution in [0, 0.1) is 0 Å². The van der Waals surface area contributed by atoms with E-state index in [0.29, 0.717) is 85.9 Å². The Morgan fingerprint density at radius 2 is 1.18 bits per heavy atom. The fourth-order valence-electron chi connectivity index (χ4n) is 10.5. The van der Waals surface area contributed by atoms with Crippen LogP contribution in [0.2, 0.25) is 0 Å². The highest BCUT2D eigenvalue weighted by Gasteiger charge is 2.48. The van der Waals surface area contributed by atoms with Crippen molar-refractivity contribution in [3.05, 3.63) is 95.7 Å². The van der Waals surface area contributed by atoms with Gasteiger partial charge in [0.2, 0.25) is 0 Å². The summed E-state index contributed by atoms with van der Waals surface area (Å²) in [5.41, 5.74) is 0.126. The highest BCUT2D eigenvalue weighted by Crippen LogP contribution is 2.55. The molecule has 27 heteroatoms. The number of aliphatic carboxylic acids is 1. The molecule has 0 radical (unpaired) electrons. The normalized spacial score (nSPS) is 20.0. The van der Waals surface area contributed by atoms with E-state index in [1.54, 1.807) is 49.4 Å². The number of carbonyl (C=O) groups is 1. The first-order valence-corrected chi connectivity index (χ1v) is 31.3. The van der Waals surface area contributed by atoms with Crippen molar-refractivity contribution in [1.82, 2.24) is 0 Å². The maximum Gasteiger partial charge on any atom is 0.303 e. The van der Waals surface area contributed by atoms with Crippen LogP contribution in [-0.4, -0.2) is 141 Å². The van der Waals surface area contributed by atoms with Gasteiger partial charge in [0, 0.05) is 71.9 Å². The molecule has 0 saturated heterocycles. The molecule has 2 heterocycles. The molecule has 6 N–H and O–H groups in total. The lowest BCUT2D eigenvalue weighted by molar-refractivity contribution is -0.137. The number of anilines is 2. The van der Waals surface area contributed by atoms with Gasteiger partial charge in [-0.2, -0.15) is 42.1 Å². The standard InChI is InChI=1S/C49H62N2O20S5/c1-5-50-39-18-16-35-37(29-33(73(57,58)59)31-41(35)75(63,64)65)46(39)48(2,20-12-28-72(54,55)56)43(50)13-8-6-9-14-44-49(3,21-23-70-26-27-71-25-24-69-4)47-38-30-34(74(60,61)62)32-42(76(66,67)68)36(38)17-19-40(47)51(44)22-11-7-10-15-45(52)53/h6,8-9,13-14,16-19,29-32,43H,5,7,10-12,15,20-28H2,1-4H3,(H,52,53)(H,54,55,56)(H,57,58,59)(H,60,61,62)(H,63,64,65)(H,66,67,68). The summed E-state index contributed by atoms with van der Waals surface area (Å²) in [6.07, 6.45) is 10.0. The second kappa shape index (κ2) is 23.6. The van der Waals surface area contributed by atoms with E-state index in [0.717, 1.165) is 12.1 Å². The van der Waals surface area contributed by atoms with Crippen LogP contribution in [0.5, 0.6) is 0 Å². The zero-order valence-electron chi connectivity index (χ0n) is 42.0.